The summed E-state index contributed by atoms with van der Waals surface area (Å²) in [6.45, 7) is 0. The number of rotatable bonds is 5. The average Bonchev–Trinajstić information content (AvgIpc) is 3.10. The Morgan fingerprint density at radius 2 is 2.00 bits per heavy atom. The first-order valence-corrected chi connectivity index (χ1v) is 10.3. The molecule has 2 atom stereocenters. The molecule has 2 heterocycles. The number of benzene rings is 2. The Bertz CT molecular complexity index is 976. The molecular weight excluding hydrogens is 406 g/mol. The number of alkyl halides is 1. The Balaban J connectivity index is 1.39. The van der Waals surface area contributed by atoms with Gasteiger partial charge in [-0.15, -0.1) is 22.9 Å². The molecule has 0 saturated carbocycles. The summed E-state index contributed by atoms with van der Waals surface area (Å²) < 4.78 is 1.86. The maximum Gasteiger partial charge on any atom is 0.262 e. The monoisotopic (exact) mass is 419 g/mol. The highest BCUT2D eigenvalue weighted by Crippen LogP contribution is 2.37. The lowest BCUT2D eigenvalue weighted by Gasteiger charge is -2.43. The average molecular weight is 420 g/mol. The Morgan fingerprint density at radius 1 is 1.26 bits per heavy atom. The van der Waals surface area contributed by atoms with Gasteiger partial charge in [-0.2, -0.15) is 0 Å². The van der Waals surface area contributed by atoms with Gasteiger partial charge in [-0.3, -0.25) is 15.0 Å². The fraction of sp³-hybridized carbons (Fsp3) is 0.167. The van der Waals surface area contributed by atoms with Crippen LogP contribution in [0, 0.1) is 0 Å². The van der Waals surface area contributed by atoms with Gasteiger partial charge in [0.05, 0.1) is 16.0 Å². The maximum absolute atomic E-state index is 12.3. The van der Waals surface area contributed by atoms with Gasteiger partial charge in [0.25, 0.3) is 5.91 Å². The van der Waals surface area contributed by atoms with Gasteiger partial charge in [-0.05, 0) is 29.8 Å². The summed E-state index contributed by atoms with van der Waals surface area (Å²) in [7, 11) is 0. The Kier molecular flexibility index (Phi) is 4.94. The summed E-state index contributed by atoms with van der Waals surface area (Å²) in [6.07, 6.45) is 0. The number of phenols is 1. The van der Waals surface area contributed by atoms with Gasteiger partial charge in [0, 0.05) is 0 Å². The molecule has 1 aliphatic heterocycles. The number of amides is 2. The summed E-state index contributed by atoms with van der Waals surface area (Å²) in [5.41, 5.74) is 4.26. The van der Waals surface area contributed by atoms with Crippen molar-refractivity contribution in [1.82, 2.24) is 15.4 Å². The van der Waals surface area contributed by atoms with Crippen molar-refractivity contribution < 1.29 is 14.7 Å². The Hall–Kier alpha value is -2.29. The van der Waals surface area contributed by atoms with Crippen LogP contribution in [0.1, 0.15) is 11.6 Å². The molecule has 0 radical (unpaired) electrons. The van der Waals surface area contributed by atoms with Gasteiger partial charge >= 0.3 is 0 Å². The lowest BCUT2D eigenvalue weighted by Crippen LogP contribution is -2.63. The number of nitrogens with zero attached hydrogens (tertiary/aromatic N) is 2. The maximum atomic E-state index is 12.3. The third-order valence-corrected chi connectivity index (χ3v) is 6.71. The SMILES string of the molecule is O=C(CSc1nc2ccccc2s1)NN1C(=O)C(Cl)C1c1ccc(O)cc1. The third kappa shape index (κ3) is 3.60. The number of thioether (sulfide) groups is 1. The number of hydrogen-bond donors (Lipinski definition) is 2. The van der Waals surface area contributed by atoms with E-state index >= 15 is 0 Å². The minimum Gasteiger partial charge on any atom is -0.508 e. The molecule has 1 aromatic heterocycles. The molecule has 4 rings (SSSR count). The molecule has 1 fully saturated rings. The van der Waals surface area contributed by atoms with Crippen LogP contribution in [0.5, 0.6) is 5.75 Å². The Labute approximate surface area is 168 Å². The molecule has 27 heavy (non-hydrogen) atoms. The second-order valence-corrected chi connectivity index (χ2v) is 8.64. The number of nitrogens with one attached hydrogen (secondary N) is 1. The van der Waals surface area contributed by atoms with Gasteiger partial charge in [0.1, 0.15) is 17.2 Å². The van der Waals surface area contributed by atoms with E-state index in [0.717, 1.165) is 20.1 Å². The van der Waals surface area contributed by atoms with Crippen LogP contribution < -0.4 is 5.43 Å². The predicted molar refractivity (Wildman–Crippen MR) is 106 cm³/mol. The fourth-order valence-corrected chi connectivity index (χ4v) is 5.00. The van der Waals surface area contributed by atoms with E-state index in [1.807, 2.05) is 24.3 Å². The van der Waals surface area contributed by atoms with Gasteiger partial charge < -0.3 is 5.11 Å². The van der Waals surface area contributed by atoms with Crippen LogP contribution in [0.4, 0.5) is 0 Å². The number of hydrogen-bond acceptors (Lipinski definition) is 6. The minimum atomic E-state index is -0.744. The van der Waals surface area contributed by atoms with E-state index in [-0.39, 0.29) is 23.3 Å². The molecule has 2 N–H and O–H groups in total. The normalized spacial score (nSPS) is 19.1. The lowest BCUT2D eigenvalue weighted by atomic mass is 9.95. The number of carbonyl (C=O) groups excluding carboxylic acids is 2. The number of β-lactam (4-membered cyclic amide) rings is 1. The molecule has 2 aromatic carbocycles. The highest BCUT2D eigenvalue weighted by molar-refractivity contribution is 8.01. The number of fused-ring (bicyclic) bond motifs is 1. The molecule has 0 bridgehead atoms. The van der Waals surface area contributed by atoms with Crippen molar-refractivity contribution in [3.05, 3.63) is 54.1 Å². The molecule has 3 aromatic rings. The zero-order valence-electron chi connectivity index (χ0n) is 13.8. The van der Waals surface area contributed by atoms with Crippen LogP contribution in [-0.4, -0.2) is 38.0 Å². The van der Waals surface area contributed by atoms with E-state index in [0.29, 0.717) is 0 Å². The number of aromatic nitrogens is 1. The number of carbonyl (C=O) groups is 2. The molecule has 2 unspecified atom stereocenters. The highest BCUT2D eigenvalue weighted by atomic mass is 35.5. The van der Waals surface area contributed by atoms with E-state index in [1.54, 1.807) is 12.1 Å². The third-order valence-electron chi connectivity index (χ3n) is 4.11. The fourth-order valence-electron chi connectivity index (χ4n) is 2.77. The molecule has 9 heteroatoms. The van der Waals surface area contributed by atoms with Crippen LogP contribution in [0.2, 0.25) is 0 Å². The van der Waals surface area contributed by atoms with Crippen molar-refractivity contribution in [1.29, 1.82) is 0 Å². The predicted octanol–water partition coefficient (Wildman–Crippen LogP) is 3.32. The summed E-state index contributed by atoms with van der Waals surface area (Å²) in [5, 5.41) is 9.90. The van der Waals surface area contributed by atoms with Crippen LogP contribution >= 0.6 is 34.7 Å². The second kappa shape index (κ2) is 7.38. The first-order valence-electron chi connectivity index (χ1n) is 8.07. The molecule has 0 aliphatic carbocycles. The van der Waals surface area contributed by atoms with Crippen LogP contribution in [0.15, 0.2) is 52.9 Å². The summed E-state index contributed by atoms with van der Waals surface area (Å²) in [4.78, 5) is 28.8. The number of para-hydroxylation sites is 1. The van der Waals surface area contributed by atoms with E-state index < -0.39 is 11.4 Å². The van der Waals surface area contributed by atoms with Crippen LogP contribution in [-0.2, 0) is 9.59 Å². The molecular formula is C18H14ClN3O3S2. The van der Waals surface area contributed by atoms with Gasteiger partial charge in [-0.1, -0.05) is 36.0 Å². The summed E-state index contributed by atoms with van der Waals surface area (Å²) >= 11 is 8.96. The first kappa shape index (κ1) is 18.1. The second-order valence-electron chi connectivity index (χ2n) is 5.92. The molecule has 6 nitrogen and oxygen atoms in total. The summed E-state index contributed by atoms with van der Waals surface area (Å²) in [6, 6.07) is 13.7. The minimum absolute atomic E-state index is 0.123. The van der Waals surface area contributed by atoms with Crippen molar-refractivity contribution >= 4 is 56.7 Å². The van der Waals surface area contributed by atoms with E-state index in [1.165, 1.54) is 40.2 Å². The first-order chi connectivity index (χ1) is 13.0. The highest BCUT2D eigenvalue weighted by Gasteiger charge is 2.48. The standard InChI is InChI=1S/C18H14ClN3O3S2/c19-15-16(10-5-7-11(23)8-6-10)22(17(15)25)21-14(24)9-26-18-20-12-3-1-2-4-13(12)27-18/h1-8,15-16,23H,9H2,(H,21,24). The van der Waals surface area contributed by atoms with Crippen LogP contribution in [0.3, 0.4) is 0 Å². The zero-order chi connectivity index (χ0) is 19.0. The van der Waals surface area contributed by atoms with Crippen molar-refractivity contribution in [3.8, 4) is 5.75 Å². The number of hydrazine groups is 1. The number of aromatic hydroxyl groups is 1. The summed E-state index contributed by atoms with van der Waals surface area (Å²) in [5.74, 6) is -0.398. The largest absolute Gasteiger partial charge is 0.508 e. The zero-order valence-corrected chi connectivity index (χ0v) is 16.2. The van der Waals surface area contributed by atoms with E-state index in [9.17, 15) is 14.7 Å². The van der Waals surface area contributed by atoms with Gasteiger partial charge in [0.15, 0.2) is 4.34 Å². The van der Waals surface area contributed by atoms with E-state index in [4.69, 9.17) is 11.6 Å². The molecule has 0 spiro atoms. The number of halogens is 1. The molecule has 1 aliphatic rings. The molecule has 2 amide bonds. The van der Waals surface area contributed by atoms with Crippen molar-refractivity contribution in [3.63, 3.8) is 0 Å². The Morgan fingerprint density at radius 3 is 2.74 bits per heavy atom. The topological polar surface area (TPSA) is 82.5 Å². The van der Waals surface area contributed by atoms with Gasteiger partial charge in [0.2, 0.25) is 5.91 Å². The molecule has 138 valence electrons. The van der Waals surface area contributed by atoms with E-state index in [2.05, 4.69) is 10.4 Å². The smallest absolute Gasteiger partial charge is 0.262 e. The van der Waals surface area contributed by atoms with Crippen molar-refractivity contribution in [2.24, 2.45) is 0 Å². The van der Waals surface area contributed by atoms with Crippen molar-refractivity contribution in [2.45, 2.75) is 15.8 Å². The van der Waals surface area contributed by atoms with Crippen LogP contribution in [0.25, 0.3) is 10.2 Å². The lowest BCUT2D eigenvalue weighted by molar-refractivity contribution is -0.155. The quantitative estimate of drug-likeness (QED) is 0.376. The molecule has 1 saturated heterocycles. The van der Waals surface area contributed by atoms with Crippen molar-refractivity contribution in [2.75, 3.05) is 5.75 Å². The number of phenolic OH excluding ortho intramolecular Hbond substituents is 1. The van der Waals surface area contributed by atoms with Gasteiger partial charge in [-0.25, -0.2) is 9.99 Å². The number of thiazole rings is 1.